The molecular weight excluding hydrogens is 266 g/mol. The van der Waals surface area contributed by atoms with E-state index in [0.717, 1.165) is 0 Å². The number of nitrogens with one attached hydrogen (secondary N) is 1. The number of carbonyl (C=O) groups is 1. The Labute approximate surface area is 106 Å². The molecule has 0 saturated heterocycles. The molecule has 1 amide bonds. The zero-order chi connectivity index (χ0) is 12.2. The molecule has 1 unspecified atom stereocenters. The molecule has 2 nitrogen and oxygen atoms in total. The lowest BCUT2D eigenvalue weighted by atomic mass is 10.0. The van der Waals surface area contributed by atoms with Gasteiger partial charge in [0.15, 0.2) is 0 Å². The fourth-order valence-corrected chi connectivity index (χ4v) is 1.50. The standard InChI is InChI=1S/C13H18BrNO/c1-10(11-7-5-4-6-8-11)9-15-12(16)13(2,3)14/h4-8,10H,9H2,1-3H3,(H,15,16). The Bertz CT molecular complexity index is 343. The number of halogens is 1. The van der Waals surface area contributed by atoms with Gasteiger partial charge in [0.05, 0.1) is 4.32 Å². The molecule has 0 fully saturated rings. The molecule has 1 aromatic carbocycles. The Morgan fingerprint density at radius 2 is 1.94 bits per heavy atom. The summed E-state index contributed by atoms with van der Waals surface area (Å²) in [6, 6.07) is 10.2. The van der Waals surface area contributed by atoms with Crippen molar-refractivity contribution in [3.8, 4) is 0 Å². The van der Waals surface area contributed by atoms with Crippen molar-refractivity contribution in [3.05, 3.63) is 35.9 Å². The molecule has 0 saturated carbocycles. The van der Waals surface area contributed by atoms with Gasteiger partial charge in [0.1, 0.15) is 0 Å². The Kier molecular flexibility index (Phi) is 4.54. The molecule has 1 atom stereocenters. The second kappa shape index (κ2) is 5.48. The third-order valence-corrected chi connectivity index (χ3v) is 2.84. The van der Waals surface area contributed by atoms with E-state index < -0.39 is 4.32 Å². The number of carbonyl (C=O) groups excluding carboxylic acids is 1. The number of alkyl halides is 1. The third-order valence-electron chi connectivity index (χ3n) is 2.48. The summed E-state index contributed by atoms with van der Waals surface area (Å²) in [6.45, 7) is 6.46. The smallest absolute Gasteiger partial charge is 0.236 e. The minimum atomic E-state index is -0.497. The van der Waals surface area contributed by atoms with Gasteiger partial charge in [0.25, 0.3) is 0 Å². The molecule has 0 spiro atoms. The van der Waals surface area contributed by atoms with Gasteiger partial charge in [-0.25, -0.2) is 0 Å². The highest BCUT2D eigenvalue weighted by atomic mass is 79.9. The molecule has 1 rings (SSSR count). The quantitative estimate of drug-likeness (QED) is 0.846. The molecule has 0 radical (unpaired) electrons. The monoisotopic (exact) mass is 283 g/mol. The van der Waals surface area contributed by atoms with Crippen LogP contribution in [-0.4, -0.2) is 16.8 Å². The molecule has 1 aromatic rings. The lowest BCUT2D eigenvalue weighted by Gasteiger charge is -2.18. The van der Waals surface area contributed by atoms with Gasteiger partial charge >= 0.3 is 0 Å². The van der Waals surface area contributed by atoms with Gasteiger partial charge in [-0.05, 0) is 25.3 Å². The number of rotatable bonds is 4. The van der Waals surface area contributed by atoms with Crippen molar-refractivity contribution < 1.29 is 4.79 Å². The second-order valence-corrected chi connectivity index (χ2v) is 6.48. The first-order valence-corrected chi connectivity index (χ1v) is 6.22. The van der Waals surface area contributed by atoms with E-state index in [-0.39, 0.29) is 5.91 Å². The van der Waals surface area contributed by atoms with E-state index in [0.29, 0.717) is 12.5 Å². The summed E-state index contributed by atoms with van der Waals surface area (Å²) >= 11 is 3.34. The maximum Gasteiger partial charge on any atom is 0.236 e. The van der Waals surface area contributed by atoms with E-state index >= 15 is 0 Å². The van der Waals surface area contributed by atoms with Crippen molar-refractivity contribution >= 4 is 21.8 Å². The zero-order valence-electron chi connectivity index (χ0n) is 9.96. The molecule has 0 aromatic heterocycles. The summed E-state index contributed by atoms with van der Waals surface area (Å²) < 4.78 is -0.497. The summed E-state index contributed by atoms with van der Waals surface area (Å²) in [7, 11) is 0. The van der Waals surface area contributed by atoms with Crippen LogP contribution in [0.2, 0.25) is 0 Å². The lowest BCUT2D eigenvalue weighted by molar-refractivity contribution is -0.122. The minimum absolute atomic E-state index is 0.0234. The van der Waals surface area contributed by atoms with Crippen LogP contribution < -0.4 is 5.32 Å². The van der Waals surface area contributed by atoms with Crippen molar-refractivity contribution in [1.82, 2.24) is 5.32 Å². The highest BCUT2D eigenvalue weighted by molar-refractivity contribution is 9.10. The number of benzene rings is 1. The van der Waals surface area contributed by atoms with Crippen LogP contribution >= 0.6 is 15.9 Å². The largest absolute Gasteiger partial charge is 0.354 e. The molecule has 16 heavy (non-hydrogen) atoms. The van der Waals surface area contributed by atoms with Gasteiger partial charge in [-0.15, -0.1) is 0 Å². The van der Waals surface area contributed by atoms with E-state index in [4.69, 9.17) is 0 Å². The maximum atomic E-state index is 11.6. The van der Waals surface area contributed by atoms with Crippen molar-refractivity contribution in [2.24, 2.45) is 0 Å². The molecular formula is C13H18BrNO. The first-order valence-electron chi connectivity index (χ1n) is 5.43. The van der Waals surface area contributed by atoms with Gasteiger partial charge < -0.3 is 5.32 Å². The summed E-state index contributed by atoms with van der Waals surface area (Å²) in [4.78, 5) is 11.6. The van der Waals surface area contributed by atoms with Gasteiger partial charge in [-0.3, -0.25) is 4.79 Å². The third kappa shape index (κ3) is 3.97. The van der Waals surface area contributed by atoms with E-state index in [9.17, 15) is 4.79 Å². The highest BCUT2D eigenvalue weighted by Gasteiger charge is 2.23. The average molecular weight is 284 g/mol. The SMILES string of the molecule is CC(CNC(=O)C(C)(C)Br)c1ccccc1. The summed E-state index contributed by atoms with van der Waals surface area (Å²) in [5.41, 5.74) is 1.25. The summed E-state index contributed by atoms with van der Waals surface area (Å²) in [6.07, 6.45) is 0. The van der Waals surface area contributed by atoms with Crippen molar-refractivity contribution in [2.45, 2.75) is 31.0 Å². The molecule has 0 aliphatic carbocycles. The number of hydrogen-bond acceptors (Lipinski definition) is 1. The predicted octanol–water partition coefficient (Wildman–Crippen LogP) is 3.08. The Balaban J connectivity index is 2.48. The first kappa shape index (κ1) is 13.2. The molecule has 0 aliphatic rings. The second-order valence-electron chi connectivity index (χ2n) is 4.49. The molecule has 88 valence electrons. The van der Waals surface area contributed by atoms with Crippen LogP contribution in [0.15, 0.2) is 30.3 Å². The predicted molar refractivity (Wildman–Crippen MR) is 70.9 cm³/mol. The average Bonchev–Trinajstić information content (AvgIpc) is 2.25. The molecule has 1 N–H and O–H groups in total. The Morgan fingerprint density at radius 1 is 1.38 bits per heavy atom. The molecule has 0 bridgehead atoms. The molecule has 0 heterocycles. The molecule has 0 aliphatic heterocycles. The van der Waals surface area contributed by atoms with Crippen LogP contribution in [0.3, 0.4) is 0 Å². The summed E-state index contributed by atoms with van der Waals surface area (Å²) in [5, 5.41) is 2.94. The van der Waals surface area contributed by atoms with Gasteiger partial charge in [-0.2, -0.15) is 0 Å². The fourth-order valence-electron chi connectivity index (χ4n) is 1.36. The lowest BCUT2D eigenvalue weighted by Crippen LogP contribution is -2.39. The van der Waals surface area contributed by atoms with Crippen molar-refractivity contribution in [2.75, 3.05) is 6.54 Å². The first-order chi connectivity index (χ1) is 7.41. The van der Waals surface area contributed by atoms with Crippen molar-refractivity contribution in [3.63, 3.8) is 0 Å². The summed E-state index contributed by atoms with van der Waals surface area (Å²) in [5.74, 6) is 0.357. The van der Waals surface area contributed by atoms with Crippen LogP contribution in [-0.2, 0) is 4.79 Å². The van der Waals surface area contributed by atoms with E-state index in [1.807, 2.05) is 32.0 Å². The Morgan fingerprint density at radius 3 is 2.44 bits per heavy atom. The van der Waals surface area contributed by atoms with Crippen molar-refractivity contribution in [1.29, 1.82) is 0 Å². The fraction of sp³-hybridized carbons (Fsp3) is 0.462. The highest BCUT2D eigenvalue weighted by Crippen LogP contribution is 2.17. The number of amides is 1. The van der Waals surface area contributed by atoms with Crippen LogP contribution in [0.25, 0.3) is 0 Å². The minimum Gasteiger partial charge on any atom is -0.354 e. The van der Waals surface area contributed by atoms with Crippen LogP contribution in [0.5, 0.6) is 0 Å². The van der Waals surface area contributed by atoms with Gasteiger partial charge in [0, 0.05) is 6.54 Å². The normalized spacial score (nSPS) is 13.2. The van der Waals surface area contributed by atoms with E-state index in [1.165, 1.54) is 5.56 Å². The van der Waals surface area contributed by atoms with E-state index in [1.54, 1.807) is 0 Å². The zero-order valence-corrected chi connectivity index (χ0v) is 11.5. The van der Waals surface area contributed by atoms with Gasteiger partial charge in [-0.1, -0.05) is 53.2 Å². The molecule has 3 heteroatoms. The topological polar surface area (TPSA) is 29.1 Å². The van der Waals surface area contributed by atoms with Gasteiger partial charge in [0.2, 0.25) is 5.91 Å². The van der Waals surface area contributed by atoms with Crippen LogP contribution in [0.4, 0.5) is 0 Å². The van der Waals surface area contributed by atoms with E-state index in [2.05, 4.69) is 40.3 Å². The number of hydrogen-bond donors (Lipinski definition) is 1. The maximum absolute atomic E-state index is 11.6. The van der Waals surface area contributed by atoms with Crippen LogP contribution in [0.1, 0.15) is 32.3 Å². The Hall–Kier alpha value is -0.830. The van der Waals surface area contributed by atoms with Crippen LogP contribution in [0, 0.1) is 0 Å².